The van der Waals surface area contributed by atoms with Crippen LogP contribution in [0.2, 0.25) is 0 Å². The number of hydrogen-bond acceptors (Lipinski definition) is 3. The van der Waals surface area contributed by atoms with Crippen LogP contribution in [-0.2, 0) is 4.79 Å². The van der Waals surface area contributed by atoms with Crippen molar-refractivity contribution >= 4 is 28.6 Å². The summed E-state index contributed by atoms with van der Waals surface area (Å²) < 4.78 is 0.470. The number of carboxylic acids is 1. The molecule has 0 amide bonds. The molecule has 4 nitrogen and oxygen atoms in total. The molecular formula is C31H53I2O4-. The second kappa shape index (κ2) is 13.1. The van der Waals surface area contributed by atoms with Crippen molar-refractivity contribution < 1.29 is 41.3 Å². The van der Waals surface area contributed by atoms with E-state index in [1.165, 1.54) is 25.7 Å². The van der Waals surface area contributed by atoms with Crippen LogP contribution in [0, 0.1) is 28.6 Å². The van der Waals surface area contributed by atoms with Gasteiger partial charge in [0.25, 0.3) is 0 Å². The molecule has 0 heterocycles. The molecule has 3 N–H and O–H groups in total. The molecule has 3 rings (SSSR count). The van der Waals surface area contributed by atoms with E-state index in [1.54, 1.807) is 5.57 Å². The Morgan fingerprint density at radius 2 is 1.86 bits per heavy atom. The molecule has 0 spiro atoms. The van der Waals surface area contributed by atoms with Crippen LogP contribution in [0.1, 0.15) is 118 Å². The molecule has 0 aromatic carbocycles. The summed E-state index contributed by atoms with van der Waals surface area (Å²) in [6.45, 7) is 9.51. The maximum absolute atomic E-state index is 11.5. The summed E-state index contributed by atoms with van der Waals surface area (Å²) in [5, 5.41) is 30.6. The van der Waals surface area contributed by atoms with E-state index in [9.17, 15) is 20.1 Å². The fourth-order valence-electron chi connectivity index (χ4n) is 8.31. The number of hydrogen-bond donors (Lipinski definition) is 3. The third-order valence-corrected chi connectivity index (χ3v) is 17.2. The molecule has 2 saturated carbocycles. The summed E-state index contributed by atoms with van der Waals surface area (Å²) in [5.74, 6) is 0.829. The number of carboxylic acid groups (broad SMARTS) is 1. The van der Waals surface area contributed by atoms with Crippen molar-refractivity contribution in [2.75, 3.05) is 11.5 Å². The van der Waals surface area contributed by atoms with Gasteiger partial charge >= 0.3 is 252 Å². The molecule has 0 aromatic rings. The molecule has 0 bridgehead atoms. The monoisotopic (exact) mass is 743 g/mol. The quantitative estimate of drug-likeness (QED) is 0.167. The van der Waals surface area contributed by atoms with Crippen LogP contribution in [0.3, 0.4) is 0 Å². The Balaban J connectivity index is 1.96. The molecule has 0 aliphatic heterocycles. The van der Waals surface area contributed by atoms with Gasteiger partial charge in [0, 0.05) is 0 Å². The van der Waals surface area contributed by atoms with Crippen LogP contribution in [0.5, 0.6) is 0 Å². The van der Waals surface area contributed by atoms with E-state index in [-0.39, 0.29) is 43.1 Å². The van der Waals surface area contributed by atoms with Crippen molar-refractivity contribution in [3.8, 4) is 0 Å². The number of alkyl halides is 3. The zero-order chi connectivity index (χ0) is 27.5. The van der Waals surface area contributed by atoms with Gasteiger partial charge in [0.1, 0.15) is 0 Å². The number of rotatable bonds is 11. The number of aliphatic hydroxyl groups excluding tert-OH is 2. The van der Waals surface area contributed by atoms with Crippen LogP contribution in [0.15, 0.2) is 11.6 Å². The predicted molar refractivity (Wildman–Crippen MR) is 157 cm³/mol. The average Bonchev–Trinajstić information content (AvgIpc) is 2.86. The number of carbonyl (C=O) groups is 1. The van der Waals surface area contributed by atoms with E-state index >= 15 is 0 Å². The molecule has 8 atom stereocenters. The third kappa shape index (κ3) is 6.58. The topological polar surface area (TPSA) is 77.8 Å². The van der Waals surface area contributed by atoms with E-state index in [0.29, 0.717) is 21.2 Å². The van der Waals surface area contributed by atoms with Gasteiger partial charge in [0.2, 0.25) is 0 Å². The van der Waals surface area contributed by atoms with Crippen LogP contribution < -0.4 is 21.2 Å². The second-order valence-corrected chi connectivity index (χ2v) is 18.7. The molecule has 8 unspecified atom stereocenters. The van der Waals surface area contributed by atoms with E-state index in [1.807, 2.05) is 0 Å². The van der Waals surface area contributed by atoms with Gasteiger partial charge < -0.3 is 0 Å². The molecule has 6 heteroatoms. The minimum absolute atomic E-state index is 0.0446. The summed E-state index contributed by atoms with van der Waals surface area (Å²) in [6, 6.07) is 0. The van der Waals surface area contributed by atoms with Gasteiger partial charge in [0.15, 0.2) is 0 Å². The van der Waals surface area contributed by atoms with Gasteiger partial charge in [-0.1, -0.05) is 0 Å². The molecule has 3 aliphatic carbocycles. The first kappa shape index (κ1) is 32.1. The van der Waals surface area contributed by atoms with Crippen molar-refractivity contribution in [2.45, 2.75) is 131 Å². The normalized spacial score (nSPS) is 43.0. The van der Waals surface area contributed by atoms with E-state index in [0.717, 1.165) is 57.8 Å². The van der Waals surface area contributed by atoms with Crippen LogP contribution >= 0.6 is 22.6 Å². The van der Waals surface area contributed by atoms with E-state index < -0.39 is 17.5 Å². The first-order chi connectivity index (χ1) is 17.4. The summed E-state index contributed by atoms with van der Waals surface area (Å²) >= 11 is 2.98. The van der Waals surface area contributed by atoms with Crippen LogP contribution in [0.4, 0.5) is 0 Å². The van der Waals surface area contributed by atoms with Gasteiger partial charge in [0.05, 0.1) is 0 Å². The summed E-state index contributed by atoms with van der Waals surface area (Å²) in [4.78, 5) is 14.0. The van der Waals surface area contributed by atoms with Gasteiger partial charge in [-0.2, -0.15) is 0 Å². The first-order valence-corrected chi connectivity index (χ1v) is 19.1. The van der Waals surface area contributed by atoms with Crippen molar-refractivity contribution in [1.82, 2.24) is 0 Å². The fraction of sp³-hybridized carbons (Fsp3) is 0.903. The molecule has 216 valence electrons. The summed E-state index contributed by atoms with van der Waals surface area (Å²) in [7, 11) is 0. The van der Waals surface area contributed by atoms with Crippen molar-refractivity contribution in [1.29, 1.82) is 0 Å². The predicted octanol–water partition coefficient (Wildman–Crippen LogP) is 4.39. The van der Waals surface area contributed by atoms with E-state index in [4.69, 9.17) is 0 Å². The second-order valence-electron chi connectivity index (χ2n) is 13.2. The molecule has 3 aliphatic rings. The molecular weight excluding hydrogens is 690 g/mol. The molecule has 37 heavy (non-hydrogen) atoms. The Morgan fingerprint density at radius 3 is 2.49 bits per heavy atom. The zero-order valence-corrected chi connectivity index (χ0v) is 28.3. The number of aliphatic carboxylic acids is 1. The SMILES string of the molecule is CCC1CC=C(C2CCCC(C)([I-]C)C2)C(I)(CCCC(=O)O)C1(C)CCC1CCCC(O)C1(C)CO. The number of allylic oxidation sites excluding steroid dienone is 2. The summed E-state index contributed by atoms with van der Waals surface area (Å²) in [5.41, 5.74) is 1.29. The van der Waals surface area contributed by atoms with Crippen molar-refractivity contribution in [3.05, 3.63) is 11.6 Å². The van der Waals surface area contributed by atoms with E-state index in [2.05, 4.69) is 61.3 Å². The average molecular weight is 744 g/mol. The number of aliphatic hydroxyl groups is 2. The zero-order valence-electron chi connectivity index (χ0n) is 24.0. The Hall–Kier alpha value is 0.590. The minimum atomic E-state index is -0.689. The Labute approximate surface area is 250 Å². The molecule has 0 saturated heterocycles. The van der Waals surface area contributed by atoms with Gasteiger partial charge in [-0.05, 0) is 0 Å². The van der Waals surface area contributed by atoms with Crippen LogP contribution in [-0.4, -0.2) is 45.8 Å². The first-order valence-electron chi connectivity index (χ1n) is 14.8. The standard InChI is InChI=1S/C31H53I2O4/c1-6-23-14-15-25(22-10-8-17-28(2,20-22)33-5)31(32,18-9-13-27(36)37)30(23,4)19-16-24-11-7-12-26(35)29(24,3)21-34/h15,22-24,26,34-35H,6-14,16-21H2,1-5H3,(H,36,37)/q-1. The number of halogens is 2. The Bertz CT molecular complexity index is 817. The maximum atomic E-state index is 11.5. The van der Waals surface area contributed by atoms with Gasteiger partial charge in [-0.25, -0.2) is 0 Å². The van der Waals surface area contributed by atoms with Crippen molar-refractivity contribution in [2.24, 2.45) is 28.6 Å². The van der Waals surface area contributed by atoms with Gasteiger partial charge in [-0.15, -0.1) is 0 Å². The Kier molecular flexibility index (Phi) is 11.3. The molecule has 2 fully saturated rings. The van der Waals surface area contributed by atoms with Gasteiger partial charge in [-0.3, -0.25) is 0 Å². The molecule has 0 aromatic heterocycles. The Morgan fingerprint density at radius 1 is 1.14 bits per heavy atom. The van der Waals surface area contributed by atoms with Crippen LogP contribution in [0.25, 0.3) is 0 Å². The fourth-order valence-corrected chi connectivity index (χ4v) is 12.0. The summed E-state index contributed by atoms with van der Waals surface area (Å²) in [6.07, 6.45) is 16.6. The van der Waals surface area contributed by atoms with Crippen molar-refractivity contribution in [3.63, 3.8) is 0 Å². The molecule has 0 radical (unpaired) electrons. The third-order valence-electron chi connectivity index (χ3n) is 11.2.